The molecular weight excluding hydrogens is 271 g/mol. The number of nitro benzene ring substituents is 1. The highest BCUT2D eigenvalue weighted by Gasteiger charge is 2.20. The van der Waals surface area contributed by atoms with Crippen LogP contribution in [-0.2, 0) is 9.47 Å². The summed E-state index contributed by atoms with van der Waals surface area (Å²) in [5, 5.41) is 13.1. The average Bonchev–Trinajstić information content (AvgIpc) is 2.39. The number of nitrogens with one attached hydrogen (secondary N) is 1. The van der Waals surface area contributed by atoms with Gasteiger partial charge in [0.05, 0.1) is 17.0 Å². The minimum Gasteiger partial charge on any atom is -0.354 e. The zero-order valence-corrected chi connectivity index (χ0v) is 11.3. The number of nitro groups is 1. The van der Waals surface area contributed by atoms with Gasteiger partial charge in [-0.05, 0) is 13.0 Å². The van der Waals surface area contributed by atoms with Crippen LogP contribution in [0.25, 0.3) is 0 Å². The van der Waals surface area contributed by atoms with Crippen LogP contribution < -0.4 is 5.32 Å². The Morgan fingerprint density at radius 2 is 1.95 bits per heavy atom. The molecule has 7 nitrogen and oxygen atoms in total. The van der Waals surface area contributed by atoms with Gasteiger partial charge in [0.2, 0.25) is 0 Å². The van der Waals surface area contributed by atoms with Gasteiger partial charge in [-0.2, -0.15) is 0 Å². The van der Waals surface area contributed by atoms with E-state index < -0.39 is 34.7 Å². The highest BCUT2D eigenvalue weighted by atomic mass is 19.1. The van der Waals surface area contributed by atoms with Crippen LogP contribution in [0.4, 0.5) is 10.1 Å². The molecule has 1 amide bonds. The fourth-order valence-corrected chi connectivity index (χ4v) is 1.67. The Bertz CT molecular complexity index is 505. The van der Waals surface area contributed by atoms with Crippen LogP contribution in [0.1, 0.15) is 17.3 Å². The zero-order chi connectivity index (χ0) is 15.3. The molecule has 0 spiro atoms. The summed E-state index contributed by atoms with van der Waals surface area (Å²) in [5.74, 6) is -1.51. The number of halogens is 1. The molecule has 0 aliphatic rings. The van der Waals surface area contributed by atoms with Crippen molar-refractivity contribution in [2.75, 3.05) is 14.2 Å². The summed E-state index contributed by atoms with van der Waals surface area (Å²) < 4.78 is 23.2. The van der Waals surface area contributed by atoms with E-state index >= 15 is 0 Å². The largest absolute Gasteiger partial charge is 0.354 e. The third-order valence-corrected chi connectivity index (χ3v) is 2.59. The number of carbonyl (C=O) groups is 1. The summed E-state index contributed by atoms with van der Waals surface area (Å²) in [7, 11) is 2.81. The van der Waals surface area contributed by atoms with Crippen molar-refractivity contribution in [3.63, 3.8) is 0 Å². The van der Waals surface area contributed by atoms with Crippen molar-refractivity contribution < 1.29 is 23.6 Å². The molecule has 1 aromatic rings. The Balaban J connectivity index is 2.90. The highest BCUT2D eigenvalue weighted by molar-refractivity contribution is 5.95. The van der Waals surface area contributed by atoms with E-state index in [-0.39, 0.29) is 5.56 Å². The standard InChI is InChI=1S/C12H15FN2O5/c1-7(12(19-2)20-3)14-11(16)8-4-9(13)6-10(5-8)15(17)18/h4-7,12H,1-3H3,(H,14,16). The number of carbonyl (C=O) groups excluding carboxylic acids is 1. The summed E-state index contributed by atoms with van der Waals surface area (Å²) in [5.41, 5.74) is -0.632. The number of methoxy groups -OCH3 is 2. The van der Waals surface area contributed by atoms with Gasteiger partial charge in [-0.15, -0.1) is 0 Å². The zero-order valence-electron chi connectivity index (χ0n) is 11.3. The second-order valence-electron chi connectivity index (χ2n) is 4.06. The molecule has 8 heteroatoms. The first-order valence-electron chi connectivity index (χ1n) is 5.70. The van der Waals surface area contributed by atoms with E-state index in [2.05, 4.69) is 5.32 Å². The Kier molecular flexibility index (Phi) is 5.53. The number of ether oxygens (including phenoxy) is 2. The molecule has 1 atom stereocenters. The average molecular weight is 286 g/mol. The molecule has 0 heterocycles. The number of rotatable bonds is 6. The smallest absolute Gasteiger partial charge is 0.273 e. The number of nitrogens with zero attached hydrogens (tertiary/aromatic N) is 1. The topological polar surface area (TPSA) is 90.7 Å². The SMILES string of the molecule is COC(OC)C(C)NC(=O)c1cc(F)cc([N+](=O)[O-])c1. The van der Waals surface area contributed by atoms with Crippen molar-refractivity contribution in [1.82, 2.24) is 5.32 Å². The van der Waals surface area contributed by atoms with Crippen LogP contribution in [0, 0.1) is 15.9 Å². The van der Waals surface area contributed by atoms with E-state index in [1.807, 2.05) is 0 Å². The van der Waals surface area contributed by atoms with Crippen LogP contribution in [0.15, 0.2) is 18.2 Å². The molecule has 1 rings (SSSR count). The van der Waals surface area contributed by atoms with E-state index in [0.29, 0.717) is 0 Å². The molecule has 1 aromatic carbocycles. The summed E-state index contributed by atoms with van der Waals surface area (Å²) in [6.45, 7) is 1.63. The van der Waals surface area contributed by atoms with Gasteiger partial charge >= 0.3 is 0 Å². The van der Waals surface area contributed by atoms with Crippen molar-refractivity contribution >= 4 is 11.6 Å². The first-order valence-corrected chi connectivity index (χ1v) is 5.70. The second kappa shape index (κ2) is 6.92. The summed E-state index contributed by atoms with van der Waals surface area (Å²) in [6.07, 6.45) is -0.678. The molecule has 0 saturated carbocycles. The van der Waals surface area contributed by atoms with Gasteiger partial charge in [0.15, 0.2) is 6.29 Å². The first-order chi connectivity index (χ1) is 9.38. The molecular formula is C12H15FN2O5. The summed E-state index contributed by atoms with van der Waals surface area (Å²) in [4.78, 5) is 21.8. The Hall–Kier alpha value is -2.06. The molecule has 0 saturated heterocycles. The van der Waals surface area contributed by atoms with Crippen molar-refractivity contribution in [2.45, 2.75) is 19.3 Å². The van der Waals surface area contributed by atoms with Gasteiger partial charge in [-0.25, -0.2) is 4.39 Å². The van der Waals surface area contributed by atoms with Gasteiger partial charge in [0.1, 0.15) is 5.82 Å². The monoisotopic (exact) mass is 286 g/mol. The van der Waals surface area contributed by atoms with Gasteiger partial charge in [0.25, 0.3) is 11.6 Å². The van der Waals surface area contributed by atoms with Crippen LogP contribution in [0.3, 0.4) is 0 Å². The maximum atomic E-state index is 13.2. The quantitative estimate of drug-likeness (QED) is 0.486. The molecule has 0 bridgehead atoms. The highest BCUT2D eigenvalue weighted by Crippen LogP contribution is 2.16. The van der Waals surface area contributed by atoms with Gasteiger partial charge < -0.3 is 14.8 Å². The maximum Gasteiger partial charge on any atom is 0.273 e. The van der Waals surface area contributed by atoms with Crippen molar-refractivity contribution in [1.29, 1.82) is 0 Å². The molecule has 1 N–H and O–H groups in total. The summed E-state index contributed by atoms with van der Waals surface area (Å²) >= 11 is 0. The molecule has 1 unspecified atom stereocenters. The number of benzene rings is 1. The molecule has 20 heavy (non-hydrogen) atoms. The van der Waals surface area contributed by atoms with Crippen molar-refractivity contribution in [2.24, 2.45) is 0 Å². The van der Waals surface area contributed by atoms with E-state index in [1.54, 1.807) is 6.92 Å². The molecule has 0 fully saturated rings. The fourth-order valence-electron chi connectivity index (χ4n) is 1.67. The number of non-ortho nitro benzene ring substituents is 1. The molecule has 0 aliphatic heterocycles. The van der Waals surface area contributed by atoms with Gasteiger partial charge in [-0.1, -0.05) is 0 Å². The van der Waals surface area contributed by atoms with Crippen molar-refractivity contribution in [3.8, 4) is 0 Å². The third kappa shape index (κ3) is 3.97. The van der Waals surface area contributed by atoms with Gasteiger partial charge in [-0.3, -0.25) is 14.9 Å². The van der Waals surface area contributed by atoms with E-state index in [0.717, 1.165) is 18.2 Å². The van der Waals surface area contributed by atoms with Crippen LogP contribution in [0.2, 0.25) is 0 Å². The number of hydrogen-bond acceptors (Lipinski definition) is 5. The van der Waals surface area contributed by atoms with E-state index in [1.165, 1.54) is 14.2 Å². The van der Waals surface area contributed by atoms with Crippen LogP contribution >= 0.6 is 0 Å². The van der Waals surface area contributed by atoms with Gasteiger partial charge in [0, 0.05) is 25.8 Å². The maximum absolute atomic E-state index is 13.2. The molecule has 0 aliphatic carbocycles. The number of hydrogen-bond donors (Lipinski definition) is 1. The predicted octanol–water partition coefficient (Wildman–Crippen LogP) is 1.47. The number of amides is 1. The normalized spacial score (nSPS) is 12.2. The lowest BCUT2D eigenvalue weighted by Gasteiger charge is -2.22. The van der Waals surface area contributed by atoms with Crippen LogP contribution in [0.5, 0.6) is 0 Å². The lowest BCUT2D eigenvalue weighted by molar-refractivity contribution is -0.385. The lowest BCUT2D eigenvalue weighted by Crippen LogP contribution is -2.42. The third-order valence-electron chi connectivity index (χ3n) is 2.59. The Morgan fingerprint density at radius 3 is 2.45 bits per heavy atom. The Labute approximate surface area is 114 Å². The lowest BCUT2D eigenvalue weighted by atomic mass is 10.1. The summed E-state index contributed by atoms with van der Waals surface area (Å²) in [6, 6.07) is 2.15. The minimum absolute atomic E-state index is 0.144. The minimum atomic E-state index is -0.855. The van der Waals surface area contributed by atoms with E-state index in [4.69, 9.17) is 9.47 Å². The van der Waals surface area contributed by atoms with Crippen LogP contribution in [-0.4, -0.2) is 37.4 Å². The molecule has 0 aromatic heterocycles. The second-order valence-corrected chi connectivity index (χ2v) is 4.06. The van der Waals surface area contributed by atoms with E-state index in [9.17, 15) is 19.3 Å². The molecule has 110 valence electrons. The van der Waals surface area contributed by atoms with Crippen molar-refractivity contribution in [3.05, 3.63) is 39.7 Å². The predicted molar refractivity (Wildman–Crippen MR) is 67.8 cm³/mol. The Morgan fingerprint density at radius 1 is 1.35 bits per heavy atom. The molecule has 0 radical (unpaired) electrons. The first kappa shape index (κ1) is 16.0. The fraction of sp³-hybridized carbons (Fsp3) is 0.417.